The van der Waals surface area contributed by atoms with Gasteiger partial charge < -0.3 is 18.9 Å². The van der Waals surface area contributed by atoms with E-state index in [1.165, 1.54) is 48.6 Å². The Morgan fingerprint density at radius 2 is 0.483 bits per heavy atom. The van der Waals surface area contributed by atoms with Crippen molar-refractivity contribution in [3.05, 3.63) is 265 Å². The largest absolute Gasteiger partial charge is 0.457 e. The van der Waals surface area contributed by atoms with Crippen molar-refractivity contribution in [2.45, 2.75) is 44.9 Å². The Morgan fingerprint density at radius 3 is 0.690 bits per heavy atom. The average Bonchev–Trinajstić information content (AvgIpc) is 2.75. The lowest BCUT2D eigenvalue weighted by Crippen LogP contribution is -2.29. The van der Waals surface area contributed by atoms with Gasteiger partial charge in [-0.05, 0) is 126 Å². The summed E-state index contributed by atoms with van der Waals surface area (Å²) in [5.74, 6) is 1.48. The van der Waals surface area contributed by atoms with Gasteiger partial charge >= 0.3 is 0 Å². The Bertz CT molecular complexity index is 3870. The normalized spacial score (nSPS) is 14.6. The number of amides is 8. The molecule has 16 heteroatoms. The number of benzene rings is 8. The highest BCUT2D eigenvalue weighted by molar-refractivity contribution is 6.30. The van der Waals surface area contributed by atoms with Crippen LogP contribution in [0.2, 0.25) is 0 Å². The maximum absolute atomic E-state index is 12.1. The van der Waals surface area contributed by atoms with Crippen molar-refractivity contribution in [2.75, 3.05) is 19.6 Å². The summed E-state index contributed by atoms with van der Waals surface area (Å²) in [6, 6.07) is 58.7. The predicted molar refractivity (Wildman–Crippen MR) is 327 cm³/mol. The first-order valence-electron chi connectivity index (χ1n) is 27.7. The maximum Gasteiger partial charge on any atom is 0.258 e. The minimum absolute atomic E-state index is 0.288. The highest BCUT2D eigenvalue weighted by Crippen LogP contribution is 2.40. The molecule has 0 fully saturated rings. The van der Waals surface area contributed by atoms with E-state index in [-0.39, 0.29) is 58.1 Å². The minimum Gasteiger partial charge on any atom is -0.457 e. The molecule has 12 rings (SSSR count). The third kappa shape index (κ3) is 12.1. The van der Waals surface area contributed by atoms with Gasteiger partial charge in [0.25, 0.3) is 47.3 Å². The molecule has 4 heterocycles. The third-order valence-corrected chi connectivity index (χ3v) is 15.3. The second kappa shape index (κ2) is 24.0. The van der Waals surface area contributed by atoms with Crippen molar-refractivity contribution in [1.82, 2.24) is 0 Å². The van der Waals surface area contributed by atoms with Gasteiger partial charge in [0.15, 0.2) is 0 Å². The molecule has 430 valence electrons. The van der Waals surface area contributed by atoms with Crippen LogP contribution in [0.5, 0.6) is 46.0 Å². The lowest BCUT2D eigenvalue weighted by molar-refractivity contribution is -0.121. The van der Waals surface area contributed by atoms with Gasteiger partial charge in [-0.15, -0.1) is 0 Å². The van der Waals surface area contributed by atoms with Crippen molar-refractivity contribution in [1.29, 1.82) is 0 Å². The Hall–Kier alpha value is -11.5. The second-order valence-corrected chi connectivity index (χ2v) is 21.2. The number of imide groups is 4. The molecule has 0 N–H and O–H groups in total. The van der Waals surface area contributed by atoms with Gasteiger partial charge in [0.2, 0.25) is 0 Å². The average molecular weight is 1160 g/mol. The Kier molecular flexibility index (Phi) is 15.8. The summed E-state index contributed by atoms with van der Waals surface area (Å²) >= 11 is 0. The second-order valence-electron chi connectivity index (χ2n) is 21.2. The molecule has 0 spiro atoms. The van der Waals surface area contributed by atoms with Crippen LogP contribution in [-0.4, -0.2) is 47.3 Å². The number of anilines is 4. The van der Waals surface area contributed by atoms with Gasteiger partial charge in [-0.1, -0.05) is 100 Å². The Labute approximate surface area is 500 Å². The molecule has 8 aromatic rings. The molecular formula is C71H54N4O12. The SMILES string of the molecule is CC(C)(c1ccc(Oc2cccc(N3C(=O)C=CC3=O)c2)cc1)c1ccc(Oc2cccc(N3C(=O)C=CC3=O)c2)cc1.CCC(C)(c1ccc(Oc2cccc(N3C(=O)C=CC3=O)c2)cc1)c1ccc(Oc2cccc(N3C(=O)C=CC3=O)c2)cc1. The standard InChI is InChI=1S/C36H28N2O6.C35H26N2O6/c1-3-36(2,24-10-14-28(15-11-24)43-30-8-4-6-26(22-30)37-32(39)18-19-33(37)40)25-12-16-29(17-13-25)44-31-9-5-7-27(23-31)38-34(41)20-21-35(38)42;1-35(2,23-9-13-27(14-10-23)42-29-7-3-5-25(21-29)36-31(38)17-18-32(36)39)24-11-15-28(16-12-24)43-30-8-4-6-26(22-30)37-33(40)19-20-34(37)41/h4-23H,3H2,1-2H3;3-22H,1-2H3. The number of ether oxygens (including phenoxy) is 4. The van der Waals surface area contributed by atoms with Crippen LogP contribution in [0.1, 0.15) is 56.4 Å². The number of nitrogens with zero attached hydrogens (tertiary/aromatic N) is 4. The zero-order chi connectivity index (χ0) is 61.0. The predicted octanol–water partition coefficient (Wildman–Crippen LogP) is 13.3. The number of rotatable bonds is 17. The summed E-state index contributed by atoms with van der Waals surface area (Å²) in [4.78, 5) is 101. The molecule has 0 saturated carbocycles. The van der Waals surface area contributed by atoms with Crippen LogP contribution in [0, 0.1) is 0 Å². The van der Waals surface area contributed by atoms with Crippen LogP contribution in [0.4, 0.5) is 22.7 Å². The fourth-order valence-corrected chi connectivity index (χ4v) is 10.3. The first kappa shape index (κ1) is 57.3. The summed E-state index contributed by atoms with van der Waals surface area (Å²) in [5, 5.41) is 0. The van der Waals surface area contributed by atoms with Crippen LogP contribution < -0.4 is 38.5 Å². The number of carbonyl (C=O) groups is 8. The molecule has 0 aromatic heterocycles. The van der Waals surface area contributed by atoms with E-state index in [0.717, 1.165) is 48.3 Å². The first-order chi connectivity index (χ1) is 41.9. The van der Waals surface area contributed by atoms with E-state index in [4.69, 9.17) is 18.9 Å². The van der Waals surface area contributed by atoms with Gasteiger partial charge in [-0.25, -0.2) is 19.6 Å². The zero-order valence-electron chi connectivity index (χ0n) is 47.5. The Morgan fingerprint density at radius 1 is 0.276 bits per heavy atom. The summed E-state index contributed by atoms with van der Waals surface area (Å²) in [6.45, 7) is 8.57. The van der Waals surface area contributed by atoms with E-state index >= 15 is 0 Å². The molecule has 4 aliphatic heterocycles. The van der Waals surface area contributed by atoms with E-state index in [0.29, 0.717) is 68.7 Å². The zero-order valence-corrected chi connectivity index (χ0v) is 47.5. The quantitative estimate of drug-likeness (QED) is 0.0787. The topological polar surface area (TPSA) is 186 Å². The van der Waals surface area contributed by atoms with Crippen molar-refractivity contribution in [2.24, 2.45) is 0 Å². The van der Waals surface area contributed by atoms with Gasteiger partial charge in [-0.3, -0.25) is 38.4 Å². The molecule has 0 radical (unpaired) electrons. The smallest absolute Gasteiger partial charge is 0.258 e. The molecule has 0 unspecified atom stereocenters. The minimum atomic E-state index is -0.381. The summed E-state index contributed by atoms with van der Waals surface area (Å²) in [5.41, 5.74) is 5.54. The van der Waals surface area contributed by atoms with E-state index in [9.17, 15) is 38.4 Å². The maximum atomic E-state index is 12.1. The van der Waals surface area contributed by atoms with E-state index < -0.39 is 0 Å². The van der Waals surface area contributed by atoms with E-state index in [1.54, 1.807) is 97.1 Å². The third-order valence-electron chi connectivity index (χ3n) is 15.3. The number of hydrogen-bond donors (Lipinski definition) is 0. The van der Waals surface area contributed by atoms with Crippen molar-refractivity contribution in [3.8, 4) is 46.0 Å². The fourth-order valence-electron chi connectivity index (χ4n) is 10.3. The molecule has 0 atom stereocenters. The van der Waals surface area contributed by atoms with Crippen LogP contribution in [-0.2, 0) is 49.2 Å². The van der Waals surface area contributed by atoms with Gasteiger partial charge in [-0.2, -0.15) is 0 Å². The van der Waals surface area contributed by atoms with Crippen LogP contribution >= 0.6 is 0 Å². The molecule has 4 aliphatic rings. The number of carbonyl (C=O) groups excluding carboxylic acids is 8. The van der Waals surface area contributed by atoms with Gasteiger partial charge in [0, 0.05) is 83.7 Å². The molecule has 87 heavy (non-hydrogen) atoms. The fraction of sp³-hybridized carbons (Fsp3) is 0.0986. The number of hydrogen-bond acceptors (Lipinski definition) is 12. The monoisotopic (exact) mass is 1150 g/mol. The summed E-state index contributed by atoms with van der Waals surface area (Å²) in [7, 11) is 0. The first-order valence-corrected chi connectivity index (χ1v) is 27.7. The highest BCUT2D eigenvalue weighted by Gasteiger charge is 2.31. The highest BCUT2D eigenvalue weighted by atomic mass is 16.5. The molecule has 0 aliphatic carbocycles. The lowest BCUT2D eigenvalue weighted by Gasteiger charge is -2.30. The summed E-state index contributed by atoms with van der Waals surface area (Å²) in [6.07, 6.45) is 10.8. The molecular weight excluding hydrogens is 1100 g/mol. The summed E-state index contributed by atoms with van der Waals surface area (Å²) < 4.78 is 24.1. The van der Waals surface area contributed by atoms with Crippen molar-refractivity contribution >= 4 is 70.0 Å². The lowest BCUT2D eigenvalue weighted by atomic mass is 9.74. The van der Waals surface area contributed by atoms with Crippen molar-refractivity contribution < 1.29 is 57.3 Å². The van der Waals surface area contributed by atoms with Gasteiger partial charge in [0.05, 0.1) is 22.7 Å². The van der Waals surface area contributed by atoms with E-state index in [2.05, 4.69) is 27.7 Å². The van der Waals surface area contributed by atoms with Crippen LogP contribution in [0.15, 0.2) is 243 Å². The van der Waals surface area contributed by atoms with Crippen LogP contribution in [0.3, 0.4) is 0 Å². The van der Waals surface area contributed by atoms with Crippen LogP contribution in [0.25, 0.3) is 0 Å². The molecule has 8 amide bonds. The molecule has 8 aromatic carbocycles. The van der Waals surface area contributed by atoms with Gasteiger partial charge in [0.1, 0.15) is 46.0 Å². The molecule has 16 nitrogen and oxygen atoms in total. The molecule has 0 saturated heterocycles. The van der Waals surface area contributed by atoms with E-state index in [1.807, 2.05) is 97.1 Å². The molecule has 0 bridgehead atoms. The van der Waals surface area contributed by atoms with Crippen molar-refractivity contribution in [3.63, 3.8) is 0 Å². The Balaban J connectivity index is 0.000000180.